The van der Waals surface area contributed by atoms with Crippen LogP contribution in [0.4, 0.5) is 5.00 Å². The lowest BCUT2D eigenvalue weighted by atomic mass is 9.96. The third kappa shape index (κ3) is 3.67. The average molecular weight is 366 g/mol. The van der Waals surface area contributed by atoms with Crippen LogP contribution in [0.15, 0.2) is 12.1 Å². The molecule has 3 rings (SSSR count). The van der Waals surface area contributed by atoms with E-state index in [0.29, 0.717) is 43.4 Å². The van der Waals surface area contributed by atoms with Crippen LogP contribution in [0.1, 0.15) is 35.4 Å². The molecular formula is C16H22N4O4S. The molecule has 2 aliphatic heterocycles. The maximum absolute atomic E-state index is 12.9. The first-order valence-corrected chi connectivity index (χ1v) is 9.37. The van der Waals surface area contributed by atoms with Crippen LogP contribution in [-0.4, -0.2) is 58.8 Å². The fraction of sp³-hybridized carbons (Fsp3) is 0.625. The monoisotopic (exact) mass is 366 g/mol. The molecule has 9 heteroatoms. The molecule has 3 heterocycles. The van der Waals surface area contributed by atoms with Crippen LogP contribution in [0.2, 0.25) is 0 Å². The number of carbonyl (C=O) groups excluding carboxylic acids is 2. The minimum atomic E-state index is -0.504. The van der Waals surface area contributed by atoms with Crippen LogP contribution in [0.3, 0.4) is 0 Å². The number of hydrogen-bond donors (Lipinski definition) is 1. The summed E-state index contributed by atoms with van der Waals surface area (Å²) in [6.45, 7) is 2.53. The maximum Gasteiger partial charge on any atom is 0.324 e. The van der Waals surface area contributed by atoms with E-state index < -0.39 is 11.0 Å². The highest BCUT2D eigenvalue weighted by Crippen LogP contribution is 2.29. The van der Waals surface area contributed by atoms with Gasteiger partial charge in [-0.3, -0.25) is 19.7 Å². The predicted octanol–water partition coefficient (Wildman–Crippen LogP) is 1.46. The first kappa shape index (κ1) is 17.8. The lowest BCUT2D eigenvalue weighted by molar-refractivity contribution is -0.380. The van der Waals surface area contributed by atoms with Gasteiger partial charge in [0.15, 0.2) is 0 Å². The number of rotatable bonds is 4. The maximum atomic E-state index is 12.9. The Balaban J connectivity index is 1.68. The number of carbonyl (C=O) groups is 2. The molecule has 8 nitrogen and oxygen atoms in total. The van der Waals surface area contributed by atoms with E-state index in [1.54, 1.807) is 4.90 Å². The van der Waals surface area contributed by atoms with Crippen LogP contribution < -0.4 is 5.73 Å². The number of likely N-dealkylation sites (tertiary alicyclic amines) is 2. The van der Waals surface area contributed by atoms with Crippen LogP contribution in [0.25, 0.3) is 0 Å². The quantitative estimate of drug-likeness (QED) is 0.641. The van der Waals surface area contributed by atoms with Gasteiger partial charge in [0.1, 0.15) is 6.04 Å². The summed E-state index contributed by atoms with van der Waals surface area (Å²) in [6.07, 6.45) is 3.23. The van der Waals surface area contributed by atoms with Crippen LogP contribution in [0.5, 0.6) is 0 Å². The van der Waals surface area contributed by atoms with E-state index in [0.717, 1.165) is 30.6 Å². The minimum absolute atomic E-state index is 0.00706. The van der Waals surface area contributed by atoms with Crippen LogP contribution in [0, 0.1) is 16.0 Å². The largest absolute Gasteiger partial charge is 0.341 e. The molecular weight excluding hydrogens is 344 g/mol. The molecule has 0 bridgehead atoms. The molecule has 0 aromatic carbocycles. The van der Waals surface area contributed by atoms with E-state index in [1.807, 2.05) is 4.90 Å². The Kier molecular flexibility index (Phi) is 5.33. The van der Waals surface area contributed by atoms with E-state index in [-0.39, 0.29) is 16.8 Å². The molecule has 1 aromatic rings. The number of amides is 2. The van der Waals surface area contributed by atoms with Crippen molar-refractivity contribution in [3.63, 3.8) is 0 Å². The fourth-order valence-corrected chi connectivity index (χ4v) is 4.33. The summed E-state index contributed by atoms with van der Waals surface area (Å²) in [5.74, 6) is 0.176. The first-order chi connectivity index (χ1) is 12.0. The molecule has 0 saturated carbocycles. The number of thiophene rings is 1. The topological polar surface area (TPSA) is 110 Å². The van der Waals surface area contributed by atoms with Crippen molar-refractivity contribution >= 4 is 28.2 Å². The highest BCUT2D eigenvalue weighted by Gasteiger charge is 2.38. The zero-order chi connectivity index (χ0) is 18.0. The number of nitrogens with zero attached hydrogens (tertiary/aromatic N) is 3. The molecule has 2 amide bonds. The molecule has 1 aromatic heterocycles. The van der Waals surface area contributed by atoms with Crippen LogP contribution >= 0.6 is 11.3 Å². The number of piperidine rings is 1. The SMILES string of the molecule is NCC1CCN(C(=O)C2CCCN2C(=O)c2ccc([N+](=O)[O-])s2)CC1. The van der Waals surface area contributed by atoms with Gasteiger partial charge in [-0.1, -0.05) is 11.3 Å². The van der Waals surface area contributed by atoms with E-state index in [2.05, 4.69) is 0 Å². The van der Waals surface area contributed by atoms with Crippen molar-refractivity contribution in [1.29, 1.82) is 0 Å². The Hall–Kier alpha value is -2.00. The average Bonchev–Trinajstić information content (AvgIpc) is 3.30. The van der Waals surface area contributed by atoms with Gasteiger partial charge in [-0.25, -0.2) is 0 Å². The summed E-state index contributed by atoms with van der Waals surface area (Å²) in [5.41, 5.74) is 5.69. The summed E-state index contributed by atoms with van der Waals surface area (Å²) in [4.78, 5) is 39.6. The second-order valence-corrected chi connectivity index (χ2v) is 7.62. The zero-order valence-electron chi connectivity index (χ0n) is 13.9. The number of nitrogens with two attached hydrogens (primary N) is 1. The summed E-state index contributed by atoms with van der Waals surface area (Å²) >= 11 is 0.859. The van der Waals surface area contributed by atoms with Crippen molar-refractivity contribution in [1.82, 2.24) is 9.80 Å². The molecule has 1 unspecified atom stereocenters. The standard InChI is InChI=1S/C16H22N4O4S/c17-10-11-5-8-18(9-6-11)15(21)12-2-1-7-19(12)16(22)13-3-4-14(25-13)20(23)24/h3-4,11-12H,1-2,5-10,17H2. The normalized spacial score (nSPS) is 21.6. The van der Waals surface area contributed by atoms with Gasteiger partial charge in [-0.05, 0) is 44.2 Å². The van der Waals surface area contributed by atoms with Crippen molar-refractivity contribution in [3.8, 4) is 0 Å². The Bertz CT molecular complexity index is 669. The summed E-state index contributed by atoms with van der Waals surface area (Å²) in [7, 11) is 0. The zero-order valence-corrected chi connectivity index (χ0v) is 14.7. The number of nitro groups is 1. The van der Waals surface area contributed by atoms with Crippen LogP contribution in [-0.2, 0) is 4.79 Å². The van der Waals surface area contributed by atoms with Gasteiger partial charge in [0.2, 0.25) is 5.91 Å². The second-order valence-electron chi connectivity index (χ2n) is 6.56. The second kappa shape index (κ2) is 7.49. The summed E-state index contributed by atoms with van der Waals surface area (Å²) in [5, 5.41) is 10.7. The molecule has 136 valence electrons. The van der Waals surface area contributed by atoms with Crippen molar-refractivity contribution in [2.75, 3.05) is 26.2 Å². The first-order valence-electron chi connectivity index (χ1n) is 8.55. The van der Waals surface area contributed by atoms with E-state index in [9.17, 15) is 19.7 Å². The van der Waals surface area contributed by atoms with Gasteiger partial charge in [-0.15, -0.1) is 0 Å². The Morgan fingerprint density at radius 1 is 1.24 bits per heavy atom. The molecule has 25 heavy (non-hydrogen) atoms. The summed E-state index contributed by atoms with van der Waals surface area (Å²) in [6, 6.07) is 2.35. The Morgan fingerprint density at radius 3 is 2.56 bits per heavy atom. The van der Waals surface area contributed by atoms with E-state index >= 15 is 0 Å². The lowest BCUT2D eigenvalue weighted by Crippen LogP contribution is -2.50. The molecule has 1 atom stereocenters. The van der Waals surface area contributed by atoms with Crippen molar-refractivity contribution in [2.45, 2.75) is 31.7 Å². The van der Waals surface area contributed by atoms with Gasteiger partial charge < -0.3 is 15.5 Å². The van der Waals surface area contributed by atoms with Gasteiger partial charge in [0.05, 0.1) is 9.80 Å². The van der Waals surface area contributed by atoms with Crippen molar-refractivity contribution in [3.05, 3.63) is 27.1 Å². The fourth-order valence-electron chi connectivity index (χ4n) is 3.55. The molecule has 2 saturated heterocycles. The smallest absolute Gasteiger partial charge is 0.324 e. The highest BCUT2D eigenvalue weighted by molar-refractivity contribution is 7.17. The molecule has 0 aliphatic carbocycles. The molecule has 2 N–H and O–H groups in total. The number of hydrogen-bond acceptors (Lipinski definition) is 6. The van der Waals surface area contributed by atoms with E-state index in [1.165, 1.54) is 12.1 Å². The summed E-state index contributed by atoms with van der Waals surface area (Å²) < 4.78 is 0. The van der Waals surface area contributed by atoms with Gasteiger partial charge in [0, 0.05) is 25.7 Å². The third-order valence-corrected chi connectivity index (χ3v) is 6.07. The van der Waals surface area contributed by atoms with E-state index in [4.69, 9.17) is 5.73 Å². The van der Waals surface area contributed by atoms with Gasteiger partial charge in [0.25, 0.3) is 5.91 Å². The minimum Gasteiger partial charge on any atom is -0.341 e. The molecule has 0 radical (unpaired) electrons. The van der Waals surface area contributed by atoms with Gasteiger partial charge >= 0.3 is 5.00 Å². The Labute approximate surface area is 149 Å². The predicted molar refractivity (Wildman–Crippen MR) is 93.4 cm³/mol. The lowest BCUT2D eigenvalue weighted by Gasteiger charge is -2.35. The molecule has 2 aliphatic rings. The molecule has 2 fully saturated rings. The molecule has 0 spiro atoms. The van der Waals surface area contributed by atoms with Crippen molar-refractivity contribution < 1.29 is 14.5 Å². The van der Waals surface area contributed by atoms with Crippen molar-refractivity contribution in [2.24, 2.45) is 11.7 Å². The highest BCUT2D eigenvalue weighted by atomic mass is 32.1. The Morgan fingerprint density at radius 2 is 1.96 bits per heavy atom. The van der Waals surface area contributed by atoms with Gasteiger partial charge in [-0.2, -0.15) is 0 Å². The third-order valence-electron chi connectivity index (χ3n) is 5.04.